The Morgan fingerprint density at radius 2 is 1.82 bits per heavy atom. The molecule has 10 nitrogen and oxygen atoms in total. The van der Waals surface area contributed by atoms with Gasteiger partial charge >= 0.3 is 0 Å². The fourth-order valence-corrected chi connectivity index (χ4v) is 5.57. The van der Waals surface area contributed by atoms with Gasteiger partial charge in [0.15, 0.2) is 0 Å². The van der Waals surface area contributed by atoms with E-state index in [0.29, 0.717) is 18.8 Å². The number of benzene rings is 2. The van der Waals surface area contributed by atoms with Crippen LogP contribution in [0.4, 0.5) is 5.95 Å². The maximum absolute atomic E-state index is 13.1. The second-order valence-corrected chi connectivity index (χ2v) is 11.0. The van der Waals surface area contributed by atoms with Crippen molar-refractivity contribution in [2.75, 3.05) is 11.3 Å². The van der Waals surface area contributed by atoms with Crippen molar-refractivity contribution in [3.8, 4) is 17.1 Å². The van der Waals surface area contributed by atoms with E-state index in [4.69, 9.17) is 4.74 Å². The molecule has 1 N–H and O–H groups in total. The van der Waals surface area contributed by atoms with Gasteiger partial charge in [-0.15, -0.1) is 0 Å². The normalized spacial score (nSPS) is 15.2. The van der Waals surface area contributed by atoms with Crippen molar-refractivity contribution < 1.29 is 17.9 Å². The van der Waals surface area contributed by atoms with Crippen molar-refractivity contribution in [1.29, 1.82) is 0 Å². The lowest BCUT2D eigenvalue weighted by Gasteiger charge is -2.34. The van der Waals surface area contributed by atoms with Crippen LogP contribution in [-0.2, 0) is 28.4 Å². The predicted molar refractivity (Wildman–Crippen MR) is 142 cm³/mol. The van der Waals surface area contributed by atoms with Gasteiger partial charge in [-0.05, 0) is 36.1 Å². The molecule has 1 aliphatic rings. The number of hydrogen-bond donors (Lipinski definition) is 1. The molecule has 2 aromatic carbocycles. The van der Waals surface area contributed by atoms with Gasteiger partial charge in [-0.25, -0.2) is 18.1 Å². The summed E-state index contributed by atoms with van der Waals surface area (Å²) >= 11 is 0. The summed E-state index contributed by atoms with van der Waals surface area (Å²) in [6.07, 6.45) is 2.15. The van der Waals surface area contributed by atoms with Crippen molar-refractivity contribution in [3.63, 3.8) is 0 Å². The van der Waals surface area contributed by atoms with Crippen molar-refractivity contribution in [2.45, 2.75) is 38.3 Å². The highest BCUT2D eigenvalue weighted by Crippen LogP contribution is 2.33. The molecule has 0 saturated carbocycles. The second-order valence-electron chi connectivity index (χ2n) is 9.34. The van der Waals surface area contributed by atoms with Crippen LogP contribution >= 0.6 is 0 Å². The lowest BCUT2D eigenvalue weighted by Crippen LogP contribution is -2.38. The number of sulfonamides is 1. The zero-order valence-corrected chi connectivity index (χ0v) is 22.4. The minimum Gasteiger partial charge on any atom is -0.467 e. The molecule has 0 saturated heterocycles. The van der Waals surface area contributed by atoms with Crippen LogP contribution in [-0.4, -0.2) is 45.5 Å². The number of aromatic nitrogens is 4. The van der Waals surface area contributed by atoms with Crippen molar-refractivity contribution in [3.05, 3.63) is 83.2 Å². The zero-order valence-electron chi connectivity index (χ0n) is 21.5. The maximum atomic E-state index is 13.1. The lowest BCUT2D eigenvalue weighted by atomic mass is 9.97. The highest BCUT2D eigenvalue weighted by Gasteiger charge is 2.29. The van der Waals surface area contributed by atoms with E-state index in [1.165, 1.54) is 24.0 Å². The average Bonchev–Trinajstić information content (AvgIpc) is 3.31. The summed E-state index contributed by atoms with van der Waals surface area (Å²) in [6.45, 7) is 6.30. The molecular formula is C27H28N6O4S. The summed E-state index contributed by atoms with van der Waals surface area (Å²) in [5.41, 5.74) is 5.26. The summed E-state index contributed by atoms with van der Waals surface area (Å²) in [5, 5.41) is 3.95. The van der Waals surface area contributed by atoms with Crippen molar-refractivity contribution in [2.24, 2.45) is 7.05 Å². The largest absolute Gasteiger partial charge is 0.467 e. The van der Waals surface area contributed by atoms with Crippen LogP contribution in [0.5, 0.6) is 5.88 Å². The van der Waals surface area contributed by atoms with E-state index in [9.17, 15) is 13.2 Å². The molecule has 1 atom stereocenters. The van der Waals surface area contributed by atoms with Crippen LogP contribution in [0.25, 0.3) is 11.3 Å². The van der Waals surface area contributed by atoms with E-state index < -0.39 is 16.1 Å². The van der Waals surface area contributed by atoms with Crippen molar-refractivity contribution >= 4 is 21.9 Å². The van der Waals surface area contributed by atoms with Gasteiger partial charge in [0.05, 0.1) is 18.4 Å². The van der Waals surface area contributed by atoms with Gasteiger partial charge in [-0.3, -0.25) is 9.48 Å². The Hall–Kier alpha value is -4.25. The number of anilines is 1. The standard InChI is InChI=1S/C27H28N6O4S/c1-17-8-7-9-18(2)26(17)23-12-25(30-27(29-23)31-38(35,36)21-13-28-32(4)15-21)37-24-16-33(19(3)34)14-20-10-5-6-11-22(20)24/h5-13,15,24H,14,16H2,1-4H3,(H,29,30,31). The van der Waals surface area contributed by atoms with Crippen molar-refractivity contribution in [1.82, 2.24) is 24.6 Å². The topological polar surface area (TPSA) is 119 Å². The summed E-state index contributed by atoms with van der Waals surface area (Å²) in [6, 6.07) is 15.4. The van der Waals surface area contributed by atoms with Gasteiger partial charge in [-0.2, -0.15) is 10.1 Å². The van der Waals surface area contributed by atoms with Crippen LogP contribution in [0.1, 0.15) is 35.3 Å². The number of rotatable bonds is 6. The Balaban J connectivity index is 1.58. The molecule has 1 amide bonds. The van der Waals surface area contributed by atoms with Crippen LogP contribution in [0.2, 0.25) is 0 Å². The third-order valence-electron chi connectivity index (χ3n) is 6.51. The van der Waals surface area contributed by atoms with E-state index >= 15 is 0 Å². The molecule has 0 spiro atoms. The first-order valence-electron chi connectivity index (χ1n) is 12.1. The van der Waals surface area contributed by atoms with Crippen LogP contribution < -0.4 is 9.46 Å². The number of fused-ring (bicyclic) bond motifs is 1. The maximum Gasteiger partial charge on any atom is 0.267 e. The van der Waals surface area contributed by atoms with E-state index in [-0.39, 0.29) is 22.6 Å². The Kier molecular flexibility index (Phi) is 6.62. The summed E-state index contributed by atoms with van der Waals surface area (Å²) in [5.74, 6) is 0.000189. The SMILES string of the molecule is CC(=O)N1Cc2ccccc2C(Oc2cc(-c3c(C)cccc3C)nc(NS(=O)(=O)c3cnn(C)c3)n2)C1. The fourth-order valence-electron chi connectivity index (χ4n) is 4.64. The minimum atomic E-state index is -4.00. The number of carbonyl (C=O) groups is 1. The van der Waals surface area contributed by atoms with E-state index in [1.807, 2.05) is 56.3 Å². The molecular weight excluding hydrogens is 504 g/mol. The summed E-state index contributed by atoms with van der Waals surface area (Å²) in [4.78, 5) is 22.9. The quantitative estimate of drug-likeness (QED) is 0.401. The molecule has 2 aromatic heterocycles. The highest BCUT2D eigenvalue weighted by molar-refractivity contribution is 7.92. The summed E-state index contributed by atoms with van der Waals surface area (Å²) < 4.78 is 36.3. The molecule has 0 radical (unpaired) electrons. The Labute approximate surface area is 221 Å². The Morgan fingerprint density at radius 3 is 2.50 bits per heavy atom. The molecule has 0 aliphatic carbocycles. The molecule has 196 valence electrons. The summed E-state index contributed by atoms with van der Waals surface area (Å²) in [7, 11) is -2.36. The number of aryl methyl sites for hydroxylation is 3. The van der Waals surface area contributed by atoms with Gasteiger partial charge in [0, 0.05) is 38.3 Å². The third kappa shape index (κ3) is 5.10. The smallest absolute Gasteiger partial charge is 0.267 e. The first-order chi connectivity index (χ1) is 18.1. The number of amides is 1. The molecule has 0 fully saturated rings. The fraction of sp³-hybridized carbons (Fsp3) is 0.259. The van der Waals surface area contributed by atoms with E-state index in [0.717, 1.165) is 27.8 Å². The first-order valence-corrected chi connectivity index (χ1v) is 13.6. The van der Waals surface area contributed by atoms with Gasteiger partial charge in [0.1, 0.15) is 11.0 Å². The minimum absolute atomic E-state index is 0.0122. The van der Waals surface area contributed by atoms with Gasteiger partial charge in [0.25, 0.3) is 10.0 Å². The van der Waals surface area contributed by atoms with Gasteiger partial charge < -0.3 is 9.64 Å². The predicted octanol–water partition coefficient (Wildman–Crippen LogP) is 3.78. The molecule has 1 aliphatic heterocycles. The highest BCUT2D eigenvalue weighted by atomic mass is 32.2. The molecule has 0 bridgehead atoms. The number of hydrogen-bond acceptors (Lipinski definition) is 7. The number of carbonyl (C=O) groups excluding carboxylic acids is 1. The van der Waals surface area contributed by atoms with Gasteiger partial charge in [0.2, 0.25) is 17.7 Å². The molecule has 3 heterocycles. The molecule has 38 heavy (non-hydrogen) atoms. The third-order valence-corrected chi connectivity index (χ3v) is 7.80. The Bertz CT molecular complexity index is 1610. The number of nitrogens with zero attached hydrogens (tertiary/aromatic N) is 5. The van der Waals surface area contributed by atoms with Crippen LogP contribution in [0.15, 0.2) is 65.8 Å². The molecule has 1 unspecified atom stereocenters. The first kappa shape index (κ1) is 25.4. The monoisotopic (exact) mass is 532 g/mol. The second kappa shape index (κ2) is 9.90. The number of ether oxygens (including phenoxy) is 1. The zero-order chi connectivity index (χ0) is 27.0. The van der Waals surface area contributed by atoms with Crippen LogP contribution in [0.3, 0.4) is 0 Å². The Morgan fingerprint density at radius 1 is 1.08 bits per heavy atom. The molecule has 4 aromatic rings. The van der Waals surface area contributed by atoms with E-state index in [2.05, 4.69) is 19.8 Å². The van der Waals surface area contributed by atoms with E-state index in [1.54, 1.807) is 18.0 Å². The van der Waals surface area contributed by atoms with Crippen LogP contribution in [0, 0.1) is 13.8 Å². The number of nitrogens with one attached hydrogen (secondary N) is 1. The lowest BCUT2D eigenvalue weighted by molar-refractivity contribution is -0.131. The molecule has 11 heteroatoms. The molecule has 5 rings (SSSR count). The van der Waals surface area contributed by atoms with Gasteiger partial charge in [-0.1, -0.05) is 42.5 Å². The average molecular weight is 533 g/mol.